The molecule has 1 heterocycles. The van der Waals surface area contributed by atoms with Crippen molar-refractivity contribution in [3.63, 3.8) is 0 Å². The van der Waals surface area contributed by atoms with Gasteiger partial charge in [-0.05, 0) is 70.7 Å². The molecule has 6 aromatic carbocycles. The molecule has 3 heteroatoms. The van der Waals surface area contributed by atoms with Gasteiger partial charge in [-0.1, -0.05) is 98.7 Å². The summed E-state index contributed by atoms with van der Waals surface area (Å²) in [4.78, 5) is 6.74. The smallest absolute Gasteiger partial charge is 0.227 e. The van der Waals surface area contributed by atoms with Crippen molar-refractivity contribution in [1.29, 1.82) is 0 Å². The monoisotopic (exact) mass is 557 g/mol. The Morgan fingerprint density at radius 1 is 0.674 bits per heavy atom. The molecule has 0 bridgehead atoms. The summed E-state index contributed by atoms with van der Waals surface area (Å²) in [5.74, 6) is 1.24. The van der Waals surface area contributed by atoms with Gasteiger partial charge in [0.2, 0.25) is 5.89 Å². The SMILES string of the molecule is [2H]c1c([2H])c([2H])c(N(c2ccc3c(c2)C(C)(C)c2ccccc2-3)c2ccc3c4c(cccc24)-c2oc(-c4ccccc4)nc2-3)c([2H])c1[2H]. The minimum atomic E-state index is -0.426. The van der Waals surface area contributed by atoms with Gasteiger partial charge in [0, 0.05) is 44.3 Å². The summed E-state index contributed by atoms with van der Waals surface area (Å²) in [6.07, 6.45) is 0. The molecule has 0 unspecified atom stereocenters. The summed E-state index contributed by atoms with van der Waals surface area (Å²) < 4.78 is 49.9. The molecule has 43 heavy (non-hydrogen) atoms. The van der Waals surface area contributed by atoms with Crippen molar-refractivity contribution in [3.8, 4) is 45.2 Å². The number of oxazole rings is 1. The molecule has 204 valence electrons. The molecule has 1 aromatic heterocycles. The molecule has 2 aliphatic carbocycles. The summed E-state index contributed by atoms with van der Waals surface area (Å²) in [5.41, 5.74) is 9.32. The van der Waals surface area contributed by atoms with Crippen molar-refractivity contribution in [2.45, 2.75) is 19.3 Å². The minimum absolute atomic E-state index is 0.0918. The number of anilines is 3. The van der Waals surface area contributed by atoms with Gasteiger partial charge >= 0.3 is 0 Å². The molecule has 0 spiro atoms. The maximum Gasteiger partial charge on any atom is 0.227 e. The van der Waals surface area contributed by atoms with Crippen LogP contribution in [0.2, 0.25) is 0 Å². The first kappa shape index (κ1) is 19.7. The maximum atomic E-state index is 9.05. The second-order valence-corrected chi connectivity index (χ2v) is 11.6. The van der Waals surface area contributed by atoms with Gasteiger partial charge in [-0.25, -0.2) is 4.98 Å². The van der Waals surface area contributed by atoms with Gasteiger partial charge in [0.1, 0.15) is 5.69 Å². The zero-order valence-corrected chi connectivity index (χ0v) is 23.6. The van der Waals surface area contributed by atoms with Gasteiger partial charge in [-0.3, -0.25) is 0 Å². The first-order valence-electron chi connectivity index (χ1n) is 16.9. The normalized spacial score (nSPS) is 15.2. The Hall–Kier alpha value is -5.41. The van der Waals surface area contributed by atoms with Crippen molar-refractivity contribution in [1.82, 2.24) is 4.98 Å². The van der Waals surface area contributed by atoms with Crippen LogP contribution in [0, 0.1) is 0 Å². The van der Waals surface area contributed by atoms with Crippen LogP contribution in [0.4, 0.5) is 17.1 Å². The van der Waals surface area contributed by atoms with E-state index >= 15 is 0 Å². The van der Waals surface area contributed by atoms with Gasteiger partial charge in [0.15, 0.2) is 5.76 Å². The average molecular weight is 558 g/mol. The van der Waals surface area contributed by atoms with E-state index in [2.05, 4.69) is 44.2 Å². The molecule has 0 radical (unpaired) electrons. The van der Waals surface area contributed by atoms with E-state index in [1.807, 2.05) is 77.7 Å². The zero-order chi connectivity index (χ0) is 33.1. The maximum absolute atomic E-state index is 9.05. The lowest BCUT2D eigenvalue weighted by Crippen LogP contribution is -2.16. The first-order valence-corrected chi connectivity index (χ1v) is 14.4. The highest BCUT2D eigenvalue weighted by molar-refractivity contribution is 6.17. The second kappa shape index (κ2) is 8.80. The Labute approximate surface area is 257 Å². The Kier molecular flexibility index (Phi) is 4.02. The number of fused-ring (bicyclic) bond motifs is 6. The minimum Gasteiger partial charge on any atom is -0.435 e. The van der Waals surface area contributed by atoms with Crippen LogP contribution < -0.4 is 4.90 Å². The number of aromatic nitrogens is 1. The summed E-state index contributed by atoms with van der Waals surface area (Å²) in [7, 11) is 0. The average Bonchev–Trinajstić information content (AvgIpc) is 3.75. The van der Waals surface area contributed by atoms with Gasteiger partial charge < -0.3 is 9.32 Å². The van der Waals surface area contributed by atoms with Crippen molar-refractivity contribution in [3.05, 3.63) is 144 Å². The molecule has 9 rings (SSSR count). The molecule has 7 aromatic rings. The van der Waals surface area contributed by atoms with E-state index in [1.165, 1.54) is 11.1 Å². The van der Waals surface area contributed by atoms with Crippen LogP contribution in [-0.2, 0) is 5.41 Å². The van der Waals surface area contributed by atoms with Crippen molar-refractivity contribution in [2.75, 3.05) is 4.90 Å². The second-order valence-electron chi connectivity index (χ2n) is 11.6. The molecule has 0 amide bonds. The Morgan fingerprint density at radius 3 is 2.28 bits per heavy atom. The van der Waals surface area contributed by atoms with Crippen LogP contribution >= 0.6 is 0 Å². The third kappa shape index (κ3) is 3.39. The van der Waals surface area contributed by atoms with Gasteiger partial charge in [0.05, 0.1) is 12.5 Å². The lowest BCUT2D eigenvalue weighted by molar-refractivity contribution is 0.590. The van der Waals surface area contributed by atoms with E-state index in [0.717, 1.165) is 44.3 Å². The molecule has 0 aliphatic heterocycles. The molecular weight excluding hydrogens is 524 g/mol. The predicted molar refractivity (Wildman–Crippen MR) is 176 cm³/mol. The third-order valence-electron chi connectivity index (χ3n) is 8.94. The number of hydrogen-bond acceptors (Lipinski definition) is 3. The largest absolute Gasteiger partial charge is 0.435 e. The molecule has 0 atom stereocenters. The van der Waals surface area contributed by atoms with Gasteiger partial charge in [-0.15, -0.1) is 0 Å². The lowest BCUT2D eigenvalue weighted by atomic mass is 9.82. The van der Waals surface area contributed by atoms with Crippen molar-refractivity contribution >= 4 is 27.8 Å². The quantitative estimate of drug-likeness (QED) is 0.215. The number of benzene rings is 6. The third-order valence-corrected chi connectivity index (χ3v) is 8.94. The summed E-state index contributed by atoms with van der Waals surface area (Å²) in [6.45, 7) is 4.40. The van der Waals surface area contributed by atoms with Crippen molar-refractivity contribution in [2.24, 2.45) is 0 Å². The van der Waals surface area contributed by atoms with Crippen LogP contribution in [0.15, 0.2) is 138 Å². The topological polar surface area (TPSA) is 29.3 Å². The molecule has 0 saturated carbocycles. The van der Waals surface area contributed by atoms with E-state index in [0.29, 0.717) is 23.0 Å². The first-order chi connectivity index (χ1) is 23.2. The van der Waals surface area contributed by atoms with Crippen LogP contribution in [0.25, 0.3) is 55.9 Å². The summed E-state index contributed by atoms with van der Waals surface area (Å²) >= 11 is 0. The Morgan fingerprint density at radius 2 is 1.42 bits per heavy atom. The van der Waals surface area contributed by atoms with Crippen LogP contribution in [0.3, 0.4) is 0 Å². The van der Waals surface area contributed by atoms with E-state index in [1.54, 1.807) is 0 Å². The standard InChI is InChI=1S/C40H28N2O/c1-40(2)33-19-10-9-16-28(33)29-21-20-27(24-34(29)40)42(26-14-7-4-8-15-26)35-23-22-31-36-30(35)17-11-18-32(36)38-37(31)41-39(43-38)25-12-5-3-6-13-25/h3-24H,1-2H3/i4D,7D,8D,14D,15D. The van der Waals surface area contributed by atoms with E-state index in [4.69, 9.17) is 16.3 Å². The summed E-state index contributed by atoms with van der Waals surface area (Å²) in [5, 5.41) is 1.80. The van der Waals surface area contributed by atoms with Gasteiger partial charge in [-0.2, -0.15) is 0 Å². The zero-order valence-electron chi connectivity index (χ0n) is 28.6. The highest BCUT2D eigenvalue weighted by Crippen LogP contribution is 2.53. The lowest BCUT2D eigenvalue weighted by Gasteiger charge is -2.29. The fourth-order valence-corrected chi connectivity index (χ4v) is 6.94. The number of hydrogen-bond donors (Lipinski definition) is 0. The summed E-state index contributed by atoms with van der Waals surface area (Å²) in [6, 6.07) is 32.6. The molecular formula is C40H28N2O. The number of nitrogens with zero attached hydrogens (tertiary/aromatic N) is 2. The highest BCUT2D eigenvalue weighted by Gasteiger charge is 2.36. The highest BCUT2D eigenvalue weighted by atomic mass is 16.4. The molecule has 0 saturated heterocycles. The number of rotatable bonds is 4. The molecule has 0 fully saturated rings. The van der Waals surface area contributed by atoms with E-state index < -0.39 is 6.04 Å². The van der Waals surface area contributed by atoms with Crippen LogP contribution in [0.5, 0.6) is 0 Å². The molecule has 3 nitrogen and oxygen atoms in total. The fraction of sp³-hybridized carbons (Fsp3) is 0.0750. The van der Waals surface area contributed by atoms with E-state index in [-0.39, 0.29) is 35.3 Å². The van der Waals surface area contributed by atoms with Crippen molar-refractivity contribution < 1.29 is 11.3 Å². The Balaban J connectivity index is 1.30. The van der Waals surface area contributed by atoms with Crippen LogP contribution in [-0.4, -0.2) is 4.98 Å². The molecule has 2 aliphatic rings. The van der Waals surface area contributed by atoms with E-state index in [9.17, 15) is 0 Å². The van der Waals surface area contributed by atoms with Crippen LogP contribution in [0.1, 0.15) is 31.8 Å². The van der Waals surface area contributed by atoms with Gasteiger partial charge in [0.25, 0.3) is 0 Å². The molecule has 0 N–H and O–H groups in total. The fourth-order valence-electron chi connectivity index (χ4n) is 6.94. The number of para-hydroxylation sites is 1. The Bertz CT molecular complexity index is 2450. The predicted octanol–water partition coefficient (Wildman–Crippen LogP) is 10.9.